The molecule has 0 amide bonds. The van der Waals surface area contributed by atoms with Gasteiger partial charge in [0.05, 0.1) is 12.5 Å². The van der Waals surface area contributed by atoms with Gasteiger partial charge in [-0.1, -0.05) is 18.5 Å². The predicted molar refractivity (Wildman–Crippen MR) is 75.8 cm³/mol. The zero-order valence-corrected chi connectivity index (χ0v) is 12.3. The normalized spacial score (nSPS) is 30.8. The third-order valence-corrected chi connectivity index (χ3v) is 4.47. The lowest BCUT2D eigenvalue weighted by Gasteiger charge is -2.19. The Labute approximate surface area is 120 Å². The Hall–Kier alpha value is -0.940. The summed E-state index contributed by atoms with van der Waals surface area (Å²) >= 11 is 0. The van der Waals surface area contributed by atoms with Gasteiger partial charge in [-0.2, -0.15) is 4.98 Å². The molecule has 1 saturated carbocycles. The van der Waals surface area contributed by atoms with Gasteiger partial charge in [-0.05, 0) is 38.6 Å². The minimum atomic E-state index is 0.324. The number of nitrogens with zero attached hydrogens (tertiary/aromatic N) is 2. The number of hydrogen-bond acceptors (Lipinski definition) is 5. The number of aromatic nitrogens is 2. The van der Waals surface area contributed by atoms with Crippen LogP contribution >= 0.6 is 0 Å². The number of rotatable bonds is 5. The van der Waals surface area contributed by atoms with Crippen molar-refractivity contribution in [1.82, 2.24) is 15.5 Å². The summed E-state index contributed by atoms with van der Waals surface area (Å²) in [5.41, 5.74) is 0. The summed E-state index contributed by atoms with van der Waals surface area (Å²) in [6, 6.07) is 0.505. The minimum Gasteiger partial charge on any atom is -0.381 e. The number of hydrogen-bond donors (Lipinski definition) is 1. The summed E-state index contributed by atoms with van der Waals surface area (Å²) in [4.78, 5) is 4.68. The van der Waals surface area contributed by atoms with Crippen molar-refractivity contribution >= 4 is 0 Å². The molecule has 1 N–H and O–H groups in total. The molecule has 1 aromatic rings. The van der Waals surface area contributed by atoms with Crippen molar-refractivity contribution < 1.29 is 9.26 Å². The van der Waals surface area contributed by atoms with Crippen molar-refractivity contribution in [2.45, 2.75) is 63.3 Å². The Balaban J connectivity index is 1.65. The second-order valence-electron chi connectivity index (χ2n) is 6.00. The second kappa shape index (κ2) is 6.68. The highest BCUT2D eigenvalue weighted by atomic mass is 16.5. The summed E-state index contributed by atoms with van der Waals surface area (Å²) in [5.74, 6) is 2.40. The van der Waals surface area contributed by atoms with Crippen LogP contribution in [-0.2, 0) is 4.74 Å². The molecule has 3 unspecified atom stereocenters. The maximum absolute atomic E-state index is 5.56. The van der Waals surface area contributed by atoms with Crippen molar-refractivity contribution in [1.29, 1.82) is 0 Å². The first kappa shape index (κ1) is 14.0. The van der Waals surface area contributed by atoms with Crippen molar-refractivity contribution in [3.05, 3.63) is 11.7 Å². The molecule has 1 aromatic heterocycles. The van der Waals surface area contributed by atoms with Gasteiger partial charge in [0.25, 0.3) is 0 Å². The first-order chi connectivity index (χ1) is 9.88. The van der Waals surface area contributed by atoms with E-state index in [0.29, 0.717) is 17.9 Å². The van der Waals surface area contributed by atoms with E-state index in [1.54, 1.807) is 0 Å². The van der Waals surface area contributed by atoms with Crippen molar-refractivity contribution in [3.8, 4) is 0 Å². The molecule has 20 heavy (non-hydrogen) atoms. The fourth-order valence-corrected chi connectivity index (χ4v) is 3.34. The lowest BCUT2D eigenvalue weighted by Crippen LogP contribution is -2.32. The van der Waals surface area contributed by atoms with Gasteiger partial charge in [-0.15, -0.1) is 0 Å². The Morgan fingerprint density at radius 3 is 3.00 bits per heavy atom. The SMILES string of the molecule is CCCNC1CCCC1c1nc(C2CCCOC2)no1. The van der Waals surface area contributed by atoms with Crippen LogP contribution in [0.15, 0.2) is 4.52 Å². The predicted octanol–water partition coefficient (Wildman–Crippen LogP) is 2.60. The van der Waals surface area contributed by atoms with Gasteiger partial charge in [0.2, 0.25) is 5.89 Å². The van der Waals surface area contributed by atoms with E-state index in [2.05, 4.69) is 22.4 Å². The third-order valence-electron chi connectivity index (χ3n) is 4.47. The molecule has 0 bridgehead atoms. The molecule has 1 aliphatic carbocycles. The van der Waals surface area contributed by atoms with Crippen molar-refractivity contribution in [2.24, 2.45) is 0 Å². The molecular weight excluding hydrogens is 254 g/mol. The maximum atomic E-state index is 5.56. The first-order valence-corrected chi connectivity index (χ1v) is 8.03. The molecule has 2 aliphatic rings. The highest BCUT2D eigenvalue weighted by Crippen LogP contribution is 2.34. The second-order valence-corrected chi connectivity index (χ2v) is 6.00. The van der Waals surface area contributed by atoms with Gasteiger partial charge in [0.1, 0.15) is 0 Å². The fraction of sp³-hybridized carbons (Fsp3) is 0.867. The number of ether oxygens (including phenoxy) is 1. The molecule has 2 fully saturated rings. The minimum absolute atomic E-state index is 0.324. The Morgan fingerprint density at radius 1 is 1.25 bits per heavy atom. The molecule has 0 aromatic carbocycles. The molecule has 1 aliphatic heterocycles. The van der Waals surface area contributed by atoms with Crippen LogP contribution in [0.2, 0.25) is 0 Å². The van der Waals surface area contributed by atoms with E-state index < -0.39 is 0 Å². The highest BCUT2D eigenvalue weighted by molar-refractivity contribution is 5.05. The standard InChI is InChI=1S/C15H25N3O2/c1-2-8-16-13-7-3-6-12(13)15-17-14(18-20-15)11-5-4-9-19-10-11/h11-13,16H,2-10H2,1H3. The van der Waals surface area contributed by atoms with E-state index in [0.717, 1.165) is 57.2 Å². The molecule has 112 valence electrons. The molecule has 1 saturated heterocycles. The van der Waals surface area contributed by atoms with Gasteiger partial charge in [-0.3, -0.25) is 0 Å². The Morgan fingerprint density at radius 2 is 2.20 bits per heavy atom. The van der Waals surface area contributed by atoms with E-state index in [1.165, 1.54) is 12.8 Å². The topological polar surface area (TPSA) is 60.2 Å². The lowest BCUT2D eigenvalue weighted by atomic mass is 10.0. The van der Waals surface area contributed by atoms with Crippen molar-refractivity contribution in [3.63, 3.8) is 0 Å². The molecule has 5 heteroatoms. The van der Waals surface area contributed by atoms with Crippen LogP contribution in [-0.4, -0.2) is 35.9 Å². The average molecular weight is 279 g/mol. The van der Waals surface area contributed by atoms with Crippen LogP contribution in [0.4, 0.5) is 0 Å². The van der Waals surface area contributed by atoms with E-state index in [-0.39, 0.29) is 0 Å². The van der Waals surface area contributed by atoms with Crippen LogP contribution in [0.5, 0.6) is 0 Å². The lowest BCUT2D eigenvalue weighted by molar-refractivity contribution is 0.0773. The van der Waals surface area contributed by atoms with E-state index in [4.69, 9.17) is 9.26 Å². The summed E-state index contributed by atoms with van der Waals surface area (Å²) in [7, 11) is 0. The molecule has 3 rings (SSSR count). The molecular formula is C15H25N3O2. The van der Waals surface area contributed by atoms with E-state index in [9.17, 15) is 0 Å². The largest absolute Gasteiger partial charge is 0.381 e. The quantitative estimate of drug-likeness (QED) is 0.897. The van der Waals surface area contributed by atoms with Gasteiger partial charge in [0.15, 0.2) is 5.82 Å². The van der Waals surface area contributed by atoms with Crippen LogP contribution in [0.25, 0.3) is 0 Å². The average Bonchev–Trinajstić information content (AvgIpc) is 3.14. The van der Waals surface area contributed by atoms with Gasteiger partial charge < -0.3 is 14.6 Å². The smallest absolute Gasteiger partial charge is 0.231 e. The van der Waals surface area contributed by atoms with Gasteiger partial charge in [-0.25, -0.2) is 0 Å². The van der Waals surface area contributed by atoms with Crippen LogP contribution in [0.3, 0.4) is 0 Å². The van der Waals surface area contributed by atoms with E-state index in [1.807, 2.05) is 0 Å². The van der Waals surface area contributed by atoms with Crippen LogP contribution in [0, 0.1) is 0 Å². The summed E-state index contributed by atoms with van der Waals surface area (Å²) in [6.07, 6.45) is 6.99. The Kier molecular flexibility index (Phi) is 4.68. The zero-order valence-electron chi connectivity index (χ0n) is 12.3. The van der Waals surface area contributed by atoms with Crippen LogP contribution in [0.1, 0.15) is 69.0 Å². The highest BCUT2D eigenvalue weighted by Gasteiger charge is 2.33. The Bertz CT molecular complexity index is 415. The van der Waals surface area contributed by atoms with E-state index >= 15 is 0 Å². The summed E-state index contributed by atoms with van der Waals surface area (Å²) in [6.45, 7) is 4.87. The molecule has 0 spiro atoms. The third kappa shape index (κ3) is 3.04. The monoisotopic (exact) mass is 279 g/mol. The summed E-state index contributed by atoms with van der Waals surface area (Å²) in [5, 5.41) is 7.82. The zero-order chi connectivity index (χ0) is 13.8. The maximum Gasteiger partial charge on any atom is 0.231 e. The van der Waals surface area contributed by atoms with Gasteiger partial charge >= 0.3 is 0 Å². The van der Waals surface area contributed by atoms with Crippen LogP contribution < -0.4 is 5.32 Å². The number of nitrogens with one attached hydrogen (secondary N) is 1. The van der Waals surface area contributed by atoms with Gasteiger partial charge in [0, 0.05) is 18.6 Å². The van der Waals surface area contributed by atoms with Crippen molar-refractivity contribution in [2.75, 3.05) is 19.8 Å². The molecule has 3 atom stereocenters. The fourth-order valence-electron chi connectivity index (χ4n) is 3.34. The molecule has 0 radical (unpaired) electrons. The molecule has 2 heterocycles. The first-order valence-electron chi connectivity index (χ1n) is 8.03. The summed E-state index contributed by atoms with van der Waals surface area (Å²) < 4.78 is 11.1. The molecule has 5 nitrogen and oxygen atoms in total.